The molecule has 3 aromatic rings. The van der Waals surface area contributed by atoms with Crippen LogP contribution in [0.3, 0.4) is 0 Å². The van der Waals surface area contributed by atoms with Crippen LogP contribution in [0.2, 0.25) is 0 Å². The van der Waals surface area contributed by atoms with Crippen LogP contribution in [0, 0.1) is 28.6 Å². The topological polar surface area (TPSA) is 15.3 Å². The lowest BCUT2D eigenvalue weighted by atomic mass is 9.61. The second kappa shape index (κ2) is 19.1. The Bertz CT molecular complexity index is 2660. The Kier molecular flexibility index (Phi) is 14.4. The molecule has 1 saturated carbocycles. The van der Waals surface area contributed by atoms with Gasteiger partial charge >= 0.3 is 0 Å². The lowest BCUT2D eigenvalue weighted by Gasteiger charge is -2.45. The third-order valence-corrected chi connectivity index (χ3v) is 17.2. The fraction of sp³-hybridized carbons (Fsp3) is 0.493. The highest BCUT2D eigenvalue weighted by atomic mass is 15.2. The van der Waals surface area contributed by atoms with Gasteiger partial charge in [0.2, 0.25) is 0 Å². The zero-order valence-corrected chi connectivity index (χ0v) is 46.4. The number of anilines is 3. The summed E-state index contributed by atoms with van der Waals surface area (Å²) in [6.07, 6.45) is 31.0. The fourth-order valence-corrected chi connectivity index (χ4v) is 11.7. The van der Waals surface area contributed by atoms with Gasteiger partial charge in [0.15, 0.2) is 0 Å². The average Bonchev–Trinajstić information content (AvgIpc) is 3.26. The number of hydrogen-bond donors (Lipinski definition) is 1. The quantitative estimate of drug-likeness (QED) is 0.193. The van der Waals surface area contributed by atoms with E-state index in [1.807, 2.05) is 0 Å². The minimum absolute atomic E-state index is 0.0232. The van der Waals surface area contributed by atoms with Crippen LogP contribution in [0.5, 0.6) is 0 Å². The van der Waals surface area contributed by atoms with Gasteiger partial charge in [0.25, 0.3) is 0 Å². The Morgan fingerprint density at radius 3 is 1.99 bits per heavy atom. The van der Waals surface area contributed by atoms with Crippen molar-refractivity contribution in [2.24, 2.45) is 21.7 Å². The van der Waals surface area contributed by atoms with E-state index in [0.29, 0.717) is 0 Å². The molecule has 69 heavy (non-hydrogen) atoms. The first-order valence-corrected chi connectivity index (χ1v) is 26.5. The summed E-state index contributed by atoms with van der Waals surface area (Å²) < 4.78 is 0. The second-order valence-corrected chi connectivity index (χ2v) is 26.4. The molecule has 2 nitrogen and oxygen atoms in total. The minimum Gasteiger partial charge on any atom is -0.361 e. The lowest BCUT2D eigenvalue weighted by molar-refractivity contribution is 0.258. The maximum absolute atomic E-state index is 4.59. The predicted octanol–water partition coefficient (Wildman–Crippen LogP) is 19.5. The van der Waals surface area contributed by atoms with Gasteiger partial charge in [-0.15, -0.1) is 0 Å². The number of nitrogens with one attached hydrogen (secondary N) is 1. The van der Waals surface area contributed by atoms with Gasteiger partial charge < -0.3 is 10.2 Å². The molecule has 1 N–H and O–H groups in total. The molecular formula is C67H90N2. The molecule has 1 fully saturated rings. The van der Waals surface area contributed by atoms with Gasteiger partial charge in [-0.1, -0.05) is 195 Å². The Hall–Kier alpha value is -4.82. The van der Waals surface area contributed by atoms with Gasteiger partial charge in [-0.2, -0.15) is 0 Å². The molecule has 0 radical (unpaired) electrons. The molecule has 0 saturated heterocycles. The Balaban J connectivity index is 1.28. The van der Waals surface area contributed by atoms with Crippen molar-refractivity contribution in [3.05, 3.63) is 183 Å². The Morgan fingerprint density at radius 1 is 0.754 bits per heavy atom. The smallest absolute Gasteiger partial charge is 0.0517 e. The number of hydrogen-bond acceptors (Lipinski definition) is 2. The number of rotatable bonds is 11. The summed E-state index contributed by atoms with van der Waals surface area (Å²) in [4.78, 5) is 2.60. The first-order chi connectivity index (χ1) is 32.1. The van der Waals surface area contributed by atoms with E-state index in [1.165, 1.54) is 103 Å². The molecule has 0 spiro atoms. The molecular weight excluding hydrogens is 833 g/mol. The summed E-state index contributed by atoms with van der Waals surface area (Å²) in [6.45, 7) is 45.3. The molecule has 1 unspecified atom stereocenters. The number of nitrogens with zero attached hydrogens (tertiary/aromatic N) is 1. The third kappa shape index (κ3) is 10.8. The summed E-state index contributed by atoms with van der Waals surface area (Å²) in [6, 6.07) is 21.0. The third-order valence-electron chi connectivity index (χ3n) is 17.2. The van der Waals surface area contributed by atoms with E-state index in [2.05, 4.69) is 244 Å². The molecule has 1 atom stereocenters. The molecule has 1 heterocycles. The normalized spacial score (nSPS) is 21.9. The molecule has 7 rings (SSSR count). The maximum atomic E-state index is 4.59. The fourth-order valence-electron chi connectivity index (χ4n) is 11.7. The highest BCUT2D eigenvalue weighted by Gasteiger charge is 2.42. The van der Waals surface area contributed by atoms with Crippen molar-refractivity contribution in [3.63, 3.8) is 0 Å². The van der Waals surface area contributed by atoms with Gasteiger partial charge in [0.05, 0.1) is 5.69 Å². The predicted molar refractivity (Wildman–Crippen MR) is 303 cm³/mol. The second-order valence-electron chi connectivity index (χ2n) is 26.4. The molecule has 3 aliphatic carbocycles. The van der Waals surface area contributed by atoms with Gasteiger partial charge in [0, 0.05) is 40.7 Å². The number of allylic oxidation sites excluding steroid dienone is 14. The van der Waals surface area contributed by atoms with Crippen LogP contribution in [0.15, 0.2) is 150 Å². The van der Waals surface area contributed by atoms with E-state index in [4.69, 9.17) is 0 Å². The summed E-state index contributed by atoms with van der Waals surface area (Å²) in [5.41, 5.74) is 20.7. The van der Waals surface area contributed by atoms with E-state index in [9.17, 15) is 0 Å². The summed E-state index contributed by atoms with van der Waals surface area (Å²) in [5.74, 6) is 0. The van der Waals surface area contributed by atoms with E-state index in [-0.39, 0.29) is 37.9 Å². The number of aryl methyl sites for hydroxylation is 1. The molecule has 0 bridgehead atoms. The molecule has 4 aliphatic rings. The van der Waals surface area contributed by atoms with Crippen molar-refractivity contribution in [1.29, 1.82) is 0 Å². The van der Waals surface area contributed by atoms with Crippen LogP contribution in [0.25, 0.3) is 0 Å². The van der Waals surface area contributed by atoms with Crippen LogP contribution >= 0.6 is 0 Å². The van der Waals surface area contributed by atoms with Gasteiger partial charge in [0.1, 0.15) is 0 Å². The van der Waals surface area contributed by atoms with Gasteiger partial charge in [-0.3, -0.25) is 0 Å². The highest BCUT2D eigenvalue weighted by molar-refractivity contribution is 5.84. The molecule has 3 aromatic carbocycles. The molecule has 1 aliphatic heterocycles. The maximum Gasteiger partial charge on any atom is 0.0517 e. The molecule has 0 aromatic heterocycles. The van der Waals surface area contributed by atoms with Crippen molar-refractivity contribution >= 4 is 17.1 Å². The van der Waals surface area contributed by atoms with Crippen LogP contribution in [-0.4, -0.2) is 0 Å². The highest BCUT2D eigenvalue weighted by Crippen LogP contribution is 2.54. The minimum atomic E-state index is -0.111. The first kappa shape index (κ1) is 52.0. The van der Waals surface area contributed by atoms with E-state index >= 15 is 0 Å². The number of benzene rings is 3. The summed E-state index contributed by atoms with van der Waals surface area (Å²) >= 11 is 0. The van der Waals surface area contributed by atoms with Crippen molar-refractivity contribution in [1.82, 2.24) is 0 Å². The molecule has 368 valence electrons. The Labute approximate surface area is 421 Å². The van der Waals surface area contributed by atoms with Crippen LogP contribution in [-0.2, 0) is 22.7 Å². The molecule has 0 amide bonds. The van der Waals surface area contributed by atoms with Crippen molar-refractivity contribution < 1.29 is 0 Å². The van der Waals surface area contributed by atoms with Crippen molar-refractivity contribution in [3.8, 4) is 0 Å². The molecule has 2 heteroatoms. The zero-order chi connectivity index (χ0) is 50.5. The van der Waals surface area contributed by atoms with Crippen molar-refractivity contribution in [2.75, 3.05) is 10.2 Å². The first-order valence-electron chi connectivity index (χ1n) is 26.5. The van der Waals surface area contributed by atoms with Gasteiger partial charge in [-0.05, 0) is 172 Å². The monoisotopic (exact) mass is 923 g/mol. The van der Waals surface area contributed by atoms with Gasteiger partial charge in [-0.25, -0.2) is 0 Å². The van der Waals surface area contributed by atoms with Crippen LogP contribution in [0.1, 0.15) is 196 Å². The Morgan fingerprint density at radius 2 is 1.38 bits per heavy atom. The zero-order valence-electron chi connectivity index (χ0n) is 46.4. The van der Waals surface area contributed by atoms with E-state index in [1.54, 1.807) is 0 Å². The van der Waals surface area contributed by atoms with E-state index < -0.39 is 0 Å². The lowest BCUT2D eigenvalue weighted by Crippen LogP contribution is -2.35. The van der Waals surface area contributed by atoms with Crippen molar-refractivity contribution in [2.45, 2.75) is 192 Å². The van der Waals surface area contributed by atoms with E-state index in [0.717, 1.165) is 38.5 Å². The average molecular weight is 923 g/mol. The standard InChI is InChI=1S/C67H90N2/c1-46(34-35-67(18,62(7,8)9)51-29-23-20-24-30-51)26-25-31-54-57(66(16,17)39-36-63(54,10)11)45-68-58-40-47(2)41-60-52(58)42-50-43-55-56(65(14,15)38-37-64(55,12)13)44-59(50)69(60)48(3)32-33-53(61(4,5)6)49-27-21-19-22-28-49/h19-21,23-24,27,29-35,40-41,43-45,68H,1,22,25-26,28,36-39,42H2,2-18H3/b35-34-,48-32+,53-33+,54-31+,57-45+. The SMILES string of the molecule is C=C(/C=C\C(C)(c1ccccc1)C(C)(C)C)CC/C=C1\C(=C/Nc2cc(C)cc3c2Cc2cc4c(cc2N3/C(C)=C/C=C(\C2=CC=CCC2)C(C)(C)C)C(C)(C)CCC4(C)C)C(C)(C)CCC1(C)C. The summed E-state index contributed by atoms with van der Waals surface area (Å²) in [5, 5.41) is 4.06. The van der Waals surface area contributed by atoms with Crippen LogP contribution in [0.4, 0.5) is 17.1 Å². The summed E-state index contributed by atoms with van der Waals surface area (Å²) in [7, 11) is 0. The number of fused-ring (bicyclic) bond motifs is 3. The largest absolute Gasteiger partial charge is 0.361 e. The van der Waals surface area contributed by atoms with Crippen LogP contribution < -0.4 is 10.2 Å².